The van der Waals surface area contributed by atoms with E-state index in [9.17, 15) is 8.78 Å². The first kappa shape index (κ1) is 13.7. The molecular formula is C13H16ClF2NO. The van der Waals surface area contributed by atoms with E-state index in [1.165, 1.54) is 0 Å². The van der Waals surface area contributed by atoms with Gasteiger partial charge in [0.05, 0.1) is 6.10 Å². The lowest BCUT2D eigenvalue weighted by Crippen LogP contribution is -2.28. The largest absolute Gasteiger partial charge is 0.378 e. The molecule has 1 aromatic rings. The Morgan fingerprint density at radius 2 is 2.11 bits per heavy atom. The first-order chi connectivity index (χ1) is 8.54. The summed E-state index contributed by atoms with van der Waals surface area (Å²) in [5.41, 5.74) is 6.58. The lowest BCUT2D eigenvalue weighted by Gasteiger charge is -2.24. The monoisotopic (exact) mass is 275 g/mol. The van der Waals surface area contributed by atoms with Crippen LogP contribution in [0.4, 0.5) is 8.78 Å². The summed E-state index contributed by atoms with van der Waals surface area (Å²) in [5, 5.41) is 0.170. The molecule has 0 radical (unpaired) electrons. The van der Waals surface area contributed by atoms with Crippen molar-refractivity contribution in [3.05, 3.63) is 34.4 Å². The SMILES string of the molecule is CCC1OCCC1C(N)c1cc(F)c(F)cc1Cl. The Balaban J connectivity index is 2.28. The normalized spacial score (nSPS) is 25.4. The zero-order valence-electron chi connectivity index (χ0n) is 10.1. The Bertz CT molecular complexity index is 441. The molecule has 3 atom stereocenters. The van der Waals surface area contributed by atoms with Gasteiger partial charge in [0.1, 0.15) is 0 Å². The maximum Gasteiger partial charge on any atom is 0.160 e. The smallest absolute Gasteiger partial charge is 0.160 e. The van der Waals surface area contributed by atoms with Crippen molar-refractivity contribution in [2.24, 2.45) is 11.7 Å². The average Bonchev–Trinajstić information content (AvgIpc) is 2.81. The molecule has 0 aromatic heterocycles. The molecule has 0 spiro atoms. The van der Waals surface area contributed by atoms with E-state index in [2.05, 4.69) is 0 Å². The van der Waals surface area contributed by atoms with Crippen LogP contribution in [0.2, 0.25) is 5.02 Å². The highest BCUT2D eigenvalue weighted by atomic mass is 35.5. The Morgan fingerprint density at radius 3 is 2.78 bits per heavy atom. The van der Waals surface area contributed by atoms with E-state index in [1.54, 1.807) is 0 Å². The highest BCUT2D eigenvalue weighted by Crippen LogP contribution is 2.36. The van der Waals surface area contributed by atoms with E-state index < -0.39 is 17.7 Å². The Hall–Kier alpha value is -0.710. The molecule has 1 aliphatic rings. The summed E-state index contributed by atoms with van der Waals surface area (Å²) in [6.45, 7) is 2.67. The van der Waals surface area contributed by atoms with Crippen LogP contribution < -0.4 is 5.73 Å². The maximum atomic E-state index is 13.3. The van der Waals surface area contributed by atoms with Crippen molar-refractivity contribution < 1.29 is 13.5 Å². The minimum atomic E-state index is -0.953. The zero-order valence-corrected chi connectivity index (χ0v) is 10.9. The molecular weight excluding hydrogens is 260 g/mol. The number of halogens is 3. The van der Waals surface area contributed by atoms with Gasteiger partial charge in [-0.2, -0.15) is 0 Å². The van der Waals surface area contributed by atoms with Gasteiger partial charge in [0.15, 0.2) is 11.6 Å². The van der Waals surface area contributed by atoms with Gasteiger partial charge in [0, 0.05) is 23.6 Å². The molecule has 1 saturated heterocycles. The molecule has 0 saturated carbocycles. The van der Waals surface area contributed by atoms with E-state index in [1.807, 2.05) is 6.92 Å². The van der Waals surface area contributed by atoms with Gasteiger partial charge in [0.2, 0.25) is 0 Å². The Labute approximate surface area is 110 Å². The fourth-order valence-electron chi connectivity index (χ4n) is 2.52. The highest BCUT2D eigenvalue weighted by Gasteiger charge is 2.33. The molecule has 1 aromatic carbocycles. The second-order valence-electron chi connectivity index (χ2n) is 4.58. The van der Waals surface area contributed by atoms with Crippen molar-refractivity contribution in [3.63, 3.8) is 0 Å². The molecule has 18 heavy (non-hydrogen) atoms. The minimum absolute atomic E-state index is 0.0594. The van der Waals surface area contributed by atoms with Gasteiger partial charge >= 0.3 is 0 Å². The minimum Gasteiger partial charge on any atom is -0.378 e. The molecule has 1 aliphatic heterocycles. The number of hydrogen-bond acceptors (Lipinski definition) is 2. The topological polar surface area (TPSA) is 35.2 Å². The van der Waals surface area contributed by atoms with Crippen LogP contribution >= 0.6 is 11.6 Å². The third-order valence-corrected chi connectivity index (χ3v) is 3.85. The first-order valence-electron chi connectivity index (χ1n) is 6.06. The van der Waals surface area contributed by atoms with Crippen molar-refractivity contribution in [1.29, 1.82) is 0 Å². The maximum absolute atomic E-state index is 13.3. The number of hydrogen-bond donors (Lipinski definition) is 1. The van der Waals surface area contributed by atoms with Gasteiger partial charge in [-0.3, -0.25) is 0 Å². The standard InChI is InChI=1S/C13H16ClF2NO/c1-2-12-7(3-4-18-12)13(17)8-5-10(15)11(16)6-9(8)14/h5-7,12-13H,2-4,17H2,1H3. The summed E-state index contributed by atoms with van der Waals surface area (Å²) in [4.78, 5) is 0. The summed E-state index contributed by atoms with van der Waals surface area (Å²) in [7, 11) is 0. The Kier molecular flexibility index (Phi) is 4.20. The molecule has 0 aliphatic carbocycles. The fraction of sp³-hybridized carbons (Fsp3) is 0.538. The van der Waals surface area contributed by atoms with E-state index in [-0.39, 0.29) is 17.0 Å². The van der Waals surface area contributed by atoms with Crippen molar-refractivity contribution in [2.75, 3.05) is 6.61 Å². The van der Waals surface area contributed by atoms with Crippen molar-refractivity contribution in [2.45, 2.75) is 31.9 Å². The van der Waals surface area contributed by atoms with Gasteiger partial charge in [-0.05, 0) is 30.5 Å². The summed E-state index contributed by atoms with van der Waals surface area (Å²) in [6.07, 6.45) is 1.72. The van der Waals surface area contributed by atoms with E-state index >= 15 is 0 Å². The number of rotatable bonds is 3. The fourth-order valence-corrected chi connectivity index (χ4v) is 2.80. The molecule has 1 fully saturated rings. The van der Waals surface area contributed by atoms with Crippen LogP contribution in [0.1, 0.15) is 31.4 Å². The van der Waals surface area contributed by atoms with Crippen LogP contribution in [0.5, 0.6) is 0 Å². The van der Waals surface area contributed by atoms with Gasteiger partial charge < -0.3 is 10.5 Å². The van der Waals surface area contributed by atoms with Crippen LogP contribution in [0.3, 0.4) is 0 Å². The third-order valence-electron chi connectivity index (χ3n) is 3.52. The molecule has 1 heterocycles. The zero-order chi connectivity index (χ0) is 13.3. The molecule has 0 amide bonds. The predicted octanol–water partition coefficient (Wildman–Crippen LogP) is 3.43. The summed E-state index contributed by atoms with van der Waals surface area (Å²) < 4.78 is 31.8. The average molecular weight is 276 g/mol. The lowest BCUT2D eigenvalue weighted by molar-refractivity contribution is 0.0813. The number of benzene rings is 1. The summed E-state index contributed by atoms with van der Waals surface area (Å²) in [5.74, 6) is -1.78. The van der Waals surface area contributed by atoms with Crippen molar-refractivity contribution >= 4 is 11.6 Å². The molecule has 5 heteroatoms. The van der Waals surface area contributed by atoms with Gasteiger partial charge in [-0.25, -0.2) is 8.78 Å². The second-order valence-corrected chi connectivity index (χ2v) is 4.99. The van der Waals surface area contributed by atoms with Gasteiger partial charge in [-0.15, -0.1) is 0 Å². The molecule has 0 bridgehead atoms. The van der Waals surface area contributed by atoms with E-state index in [4.69, 9.17) is 22.1 Å². The molecule has 2 rings (SSSR count). The van der Waals surface area contributed by atoms with Gasteiger partial charge in [0.25, 0.3) is 0 Å². The Morgan fingerprint density at radius 1 is 1.44 bits per heavy atom. The van der Waals surface area contributed by atoms with Gasteiger partial charge in [-0.1, -0.05) is 18.5 Å². The summed E-state index contributed by atoms with van der Waals surface area (Å²) >= 11 is 5.94. The van der Waals surface area contributed by atoms with E-state index in [0.717, 1.165) is 25.0 Å². The molecule has 2 nitrogen and oxygen atoms in total. The molecule has 2 N–H and O–H groups in total. The number of ether oxygens (including phenoxy) is 1. The van der Waals surface area contributed by atoms with Crippen LogP contribution in [-0.2, 0) is 4.74 Å². The lowest BCUT2D eigenvalue weighted by atomic mass is 9.87. The molecule has 3 unspecified atom stereocenters. The first-order valence-corrected chi connectivity index (χ1v) is 6.44. The van der Waals surface area contributed by atoms with Crippen LogP contribution in [0.25, 0.3) is 0 Å². The van der Waals surface area contributed by atoms with Crippen molar-refractivity contribution in [3.8, 4) is 0 Å². The van der Waals surface area contributed by atoms with Crippen molar-refractivity contribution in [1.82, 2.24) is 0 Å². The highest BCUT2D eigenvalue weighted by molar-refractivity contribution is 6.31. The van der Waals surface area contributed by atoms with Crippen LogP contribution in [0, 0.1) is 17.6 Å². The number of nitrogens with two attached hydrogens (primary N) is 1. The predicted molar refractivity (Wildman–Crippen MR) is 66.4 cm³/mol. The van der Waals surface area contributed by atoms with Crippen LogP contribution in [-0.4, -0.2) is 12.7 Å². The third kappa shape index (κ3) is 2.51. The quantitative estimate of drug-likeness (QED) is 0.858. The second kappa shape index (κ2) is 5.51. The van der Waals surface area contributed by atoms with Crippen LogP contribution in [0.15, 0.2) is 12.1 Å². The molecule has 100 valence electrons. The summed E-state index contributed by atoms with van der Waals surface area (Å²) in [6, 6.07) is 1.64. The van der Waals surface area contributed by atoms with E-state index in [0.29, 0.717) is 12.2 Å².